The van der Waals surface area contributed by atoms with Gasteiger partial charge < -0.3 is 9.67 Å². The summed E-state index contributed by atoms with van der Waals surface area (Å²) in [5.74, 6) is -0.371. The number of Topliss-reactive ketones (excluding diaryl/α,β-unsaturated/α-hetero) is 1. The predicted molar refractivity (Wildman–Crippen MR) is 202 cm³/mol. The molecule has 1 aliphatic heterocycles. The van der Waals surface area contributed by atoms with Gasteiger partial charge >= 0.3 is 0 Å². The van der Waals surface area contributed by atoms with Gasteiger partial charge in [-0.1, -0.05) is 121 Å². The lowest BCUT2D eigenvalue weighted by Crippen LogP contribution is -2.32. The number of nitrogens with zero attached hydrogens (tertiary/aromatic N) is 2. The van der Waals surface area contributed by atoms with Gasteiger partial charge in [0, 0.05) is 57.9 Å². The van der Waals surface area contributed by atoms with Gasteiger partial charge in [0.2, 0.25) is 11.4 Å². The first kappa shape index (κ1) is 30.1. The molecule has 4 nitrogen and oxygen atoms in total. The first-order valence-electron chi connectivity index (χ1n) is 17.6. The summed E-state index contributed by atoms with van der Waals surface area (Å²) in [5.41, 5.74) is 7.38. The van der Waals surface area contributed by atoms with Gasteiger partial charge in [0.15, 0.2) is 5.78 Å². The average molecular weight is 649 g/mol. The SMILES string of the molecule is O=C1C(/C=c2/c3cccc4cccc(c43)n2CCCc2ccccc2)=C([O-])C/1=C/C1=[N+](CCCc2ccccc2)c2cccc3cccc1c23. The number of allylic oxidation sites excluding steroid dienone is 3. The lowest BCUT2D eigenvalue weighted by molar-refractivity contribution is -0.436. The Balaban J connectivity index is 1.11. The Morgan fingerprint density at radius 1 is 0.640 bits per heavy atom. The van der Waals surface area contributed by atoms with Crippen LogP contribution in [0.5, 0.6) is 0 Å². The maximum absolute atomic E-state index is 14.0. The maximum atomic E-state index is 14.0. The Bertz CT molecular complexity index is 2590. The molecule has 0 spiro atoms. The molecule has 0 atom stereocenters. The zero-order chi connectivity index (χ0) is 33.6. The topological polar surface area (TPSA) is 48.1 Å². The van der Waals surface area contributed by atoms with Crippen molar-refractivity contribution in [2.75, 3.05) is 6.54 Å². The molecule has 2 heterocycles. The molecule has 0 radical (unpaired) electrons. The molecule has 0 unspecified atom stereocenters. The third-order valence-electron chi connectivity index (χ3n) is 10.4. The smallest absolute Gasteiger partial charge is 0.214 e. The van der Waals surface area contributed by atoms with E-state index in [-0.39, 0.29) is 22.7 Å². The fourth-order valence-corrected chi connectivity index (χ4v) is 8.00. The Kier molecular flexibility index (Phi) is 7.50. The second-order valence-corrected chi connectivity index (χ2v) is 13.4. The number of carbonyl (C=O) groups excluding carboxylic acids is 1. The Hall–Kier alpha value is -6.00. The molecular formula is C46H36N2O2. The van der Waals surface area contributed by atoms with Crippen LogP contribution in [0.2, 0.25) is 0 Å². The number of carbonyl (C=O) groups is 1. The van der Waals surface area contributed by atoms with Crippen molar-refractivity contribution < 1.29 is 14.5 Å². The molecule has 1 aromatic heterocycles. The minimum atomic E-state index is -0.185. The molecule has 0 saturated heterocycles. The van der Waals surface area contributed by atoms with Crippen LogP contribution in [-0.4, -0.2) is 27.2 Å². The molecular weight excluding hydrogens is 613 g/mol. The summed E-state index contributed by atoms with van der Waals surface area (Å²) in [6.45, 7) is 1.57. The van der Waals surface area contributed by atoms with Crippen molar-refractivity contribution in [2.45, 2.75) is 32.2 Å². The largest absolute Gasteiger partial charge is 0.871 e. The second kappa shape index (κ2) is 12.5. The first-order chi connectivity index (χ1) is 24.7. The maximum Gasteiger partial charge on any atom is 0.214 e. The summed E-state index contributed by atoms with van der Waals surface area (Å²) in [6.07, 6.45) is 7.50. The van der Waals surface area contributed by atoms with Crippen molar-refractivity contribution in [1.82, 2.24) is 4.57 Å². The van der Waals surface area contributed by atoms with Crippen molar-refractivity contribution >= 4 is 55.7 Å². The minimum Gasteiger partial charge on any atom is -0.871 e. The Morgan fingerprint density at radius 3 is 2.00 bits per heavy atom. The van der Waals surface area contributed by atoms with Crippen LogP contribution in [0, 0.1) is 0 Å². The molecule has 242 valence electrons. The second-order valence-electron chi connectivity index (χ2n) is 13.4. The lowest BCUT2D eigenvalue weighted by Gasteiger charge is -2.28. The molecule has 0 fully saturated rings. The van der Waals surface area contributed by atoms with Crippen LogP contribution in [0.4, 0.5) is 5.69 Å². The van der Waals surface area contributed by atoms with Crippen molar-refractivity contribution in [2.24, 2.45) is 0 Å². The van der Waals surface area contributed by atoms with Crippen LogP contribution < -0.4 is 10.5 Å². The fraction of sp³-hybridized carbons (Fsp3) is 0.130. The number of hydrogen-bond acceptors (Lipinski definition) is 2. The molecule has 0 N–H and O–H groups in total. The quantitative estimate of drug-likeness (QED) is 0.112. The number of aryl methyl sites for hydroxylation is 3. The van der Waals surface area contributed by atoms with Crippen LogP contribution >= 0.6 is 0 Å². The van der Waals surface area contributed by atoms with E-state index in [1.807, 2.05) is 24.3 Å². The lowest BCUT2D eigenvalue weighted by atomic mass is 9.86. The number of hydrogen-bond donors (Lipinski definition) is 0. The van der Waals surface area contributed by atoms with Gasteiger partial charge in [-0.2, -0.15) is 4.58 Å². The van der Waals surface area contributed by atoms with Crippen LogP contribution in [0.25, 0.3) is 38.5 Å². The Labute approximate surface area is 291 Å². The van der Waals surface area contributed by atoms with E-state index >= 15 is 0 Å². The molecule has 6 aromatic carbocycles. The van der Waals surface area contributed by atoms with E-state index < -0.39 is 0 Å². The third-order valence-corrected chi connectivity index (χ3v) is 10.4. The monoisotopic (exact) mass is 648 g/mol. The summed E-state index contributed by atoms with van der Waals surface area (Å²) in [5, 5.41) is 20.6. The van der Waals surface area contributed by atoms with Crippen LogP contribution in [0.1, 0.15) is 29.5 Å². The van der Waals surface area contributed by atoms with Crippen LogP contribution in [0.3, 0.4) is 0 Å². The van der Waals surface area contributed by atoms with E-state index in [4.69, 9.17) is 0 Å². The van der Waals surface area contributed by atoms with Gasteiger partial charge in [0.25, 0.3) is 0 Å². The van der Waals surface area contributed by atoms with E-state index in [0.717, 1.165) is 82.8 Å². The fourth-order valence-electron chi connectivity index (χ4n) is 8.00. The van der Waals surface area contributed by atoms with E-state index in [0.29, 0.717) is 0 Å². The highest BCUT2D eigenvalue weighted by Gasteiger charge is 2.34. The van der Waals surface area contributed by atoms with Crippen molar-refractivity contribution in [3.63, 3.8) is 0 Å². The third kappa shape index (κ3) is 5.07. The predicted octanol–water partition coefficient (Wildman–Crippen LogP) is 7.98. The molecule has 0 amide bonds. The molecule has 0 saturated carbocycles. The normalized spacial score (nSPS) is 15.4. The summed E-state index contributed by atoms with van der Waals surface area (Å²) in [4.78, 5) is 14.0. The molecule has 7 aromatic rings. The molecule has 50 heavy (non-hydrogen) atoms. The Morgan fingerprint density at radius 2 is 1.28 bits per heavy atom. The first-order valence-corrected chi connectivity index (χ1v) is 17.6. The van der Waals surface area contributed by atoms with Gasteiger partial charge in [0.05, 0.1) is 10.9 Å². The van der Waals surface area contributed by atoms with Crippen LogP contribution in [0.15, 0.2) is 156 Å². The van der Waals surface area contributed by atoms with Gasteiger partial charge in [-0.25, -0.2) is 0 Å². The molecule has 2 aliphatic rings. The zero-order valence-electron chi connectivity index (χ0n) is 27.8. The zero-order valence-corrected chi connectivity index (χ0v) is 27.8. The van der Waals surface area contributed by atoms with Gasteiger partial charge in [0.1, 0.15) is 6.54 Å². The van der Waals surface area contributed by atoms with E-state index in [2.05, 4.69) is 130 Å². The highest BCUT2D eigenvalue weighted by atomic mass is 16.3. The summed E-state index contributed by atoms with van der Waals surface area (Å²) >= 11 is 0. The number of rotatable bonds is 10. The summed E-state index contributed by atoms with van der Waals surface area (Å²) in [6, 6.07) is 46.4. The molecule has 0 bridgehead atoms. The number of ketones is 1. The number of benzene rings is 6. The number of aromatic nitrogens is 1. The van der Waals surface area contributed by atoms with Crippen molar-refractivity contribution in [3.05, 3.63) is 178 Å². The van der Waals surface area contributed by atoms with Crippen molar-refractivity contribution in [3.8, 4) is 0 Å². The molecule has 9 rings (SSSR count). The molecule has 4 heteroatoms. The van der Waals surface area contributed by atoms with Gasteiger partial charge in [-0.15, -0.1) is 0 Å². The minimum absolute atomic E-state index is 0.185. The van der Waals surface area contributed by atoms with Crippen molar-refractivity contribution in [1.29, 1.82) is 0 Å². The van der Waals surface area contributed by atoms with Crippen LogP contribution in [-0.2, 0) is 24.2 Å². The summed E-state index contributed by atoms with van der Waals surface area (Å²) in [7, 11) is 0. The molecule has 1 aliphatic carbocycles. The van der Waals surface area contributed by atoms with E-state index in [1.165, 1.54) is 21.9 Å². The average Bonchev–Trinajstić information content (AvgIpc) is 3.63. The van der Waals surface area contributed by atoms with E-state index in [1.54, 1.807) is 0 Å². The highest BCUT2D eigenvalue weighted by Crippen LogP contribution is 2.37. The van der Waals surface area contributed by atoms with E-state index in [9.17, 15) is 9.90 Å². The standard InChI is InChI=1S/C46H36N2O2/c49-45-37(29-41-35-23-7-19-33-21-9-25-39(43(33)35)47(41)27-11-17-31-13-3-1-4-14-31)46(50)38(45)30-42-36-24-8-20-34-22-10-26-40(44(34)36)48(42)28-12-18-32-15-5-2-6-16-32/h1-10,13-16,19-26,29-30H,11-12,17-18,27-28H2. The summed E-state index contributed by atoms with van der Waals surface area (Å²) < 4.78 is 4.60. The highest BCUT2D eigenvalue weighted by molar-refractivity contribution is 6.29. The van der Waals surface area contributed by atoms with Gasteiger partial charge in [-0.05, 0) is 59.4 Å². The van der Waals surface area contributed by atoms with Gasteiger partial charge in [-0.3, -0.25) is 4.79 Å².